The van der Waals surface area contributed by atoms with Gasteiger partial charge in [-0.1, -0.05) is 6.07 Å². The number of hydrogen-bond donors (Lipinski definition) is 2. The number of amides is 2. The van der Waals surface area contributed by atoms with Crippen molar-refractivity contribution >= 4 is 29.4 Å². The molecule has 0 aliphatic carbocycles. The number of rotatable bonds is 4. The van der Waals surface area contributed by atoms with E-state index in [2.05, 4.69) is 15.8 Å². The smallest absolute Gasteiger partial charge is 0.318 e. The third-order valence-corrected chi connectivity index (χ3v) is 3.45. The van der Waals surface area contributed by atoms with Crippen LogP contribution in [0.4, 0.5) is 11.4 Å². The van der Waals surface area contributed by atoms with Crippen LogP contribution in [0.2, 0.25) is 0 Å². The number of carbonyl (C=O) groups excluding carboxylic acids is 2. The van der Waals surface area contributed by atoms with E-state index in [1.807, 2.05) is 19.9 Å². The van der Waals surface area contributed by atoms with Gasteiger partial charge in [-0.25, -0.2) is 5.43 Å². The van der Waals surface area contributed by atoms with Crippen molar-refractivity contribution in [2.24, 2.45) is 5.10 Å². The van der Waals surface area contributed by atoms with Crippen LogP contribution in [-0.2, 0) is 9.59 Å². The van der Waals surface area contributed by atoms with Gasteiger partial charge in [-0.2, -0.15) is 5.10 Å². The van der Waals surface area contributed by atoms with E-state index in [-0.39, 0.29) is 5.69 Å². The summed E-state index contributed by atoms with van der Waals surface area (Å²) in [5, 5.41) is 16.7. The zero-order valence-electron chi connectivity index (χ0n) is 13.6. The number of nitro benzene ring substituents is 1. The van der Waals surface area contributed by atoms with Crippen molar-refractivity contribution in [1.82, 2.24) is 5.43 Å². The van der Waals surface area contributed by atoms with Crippen molar-refractivity contribution in [3.63, 3.8) is 0 Å². The third kappa shape index (κ3) is 4.96. The summed E-state index contributed by atoms with van der Waals surface area (Å²) in [5.74, 6) is -1.76. The molecule has 0 atom stereocenters. The second-order valence-corrected chi connectivity index (χ2v) is 5.30. The van der Waals surface area contributed by atoms with Gasteiger partial charge in [0, 0.05) is 17.8 Å². The minimum atomic E-state index is -0.920. The lowest BCUT2D eigenvalue weighted by molar-refractivity contribution is -0.384. The molecule has 0 unspecified atom stereocenters. The van der Waals surface area contributed by atoms with Gasteiger partial charge in [0.15, 0.2) is 0 Å². The molecule has 0 saturated heterocycles. The molecule has 2 aromatic rings. The van der Waals surface area contributed by atoms with E-state index >= 15 is 0 Å². The van der Waals surface area contributed by atoms with E-state index in [1.165, 1.54) is 30.5 Å². The highest BCUT2D eigenvalue weighted by atomic mass is 16.6. The summed E-state index contributed by atoms with van der Waals surface area (Å²) < 4.78 is 0. The van der Waals surface area contributed by atoms with Gasteiger partial charge in [0.05, 0.1) is 11.1 Å². The molecule has 8 heteroatoms. The largest absolute Gasteiger partial charge is 0.329 e. The normalized spacial score (nSPS) is 10.5. The summed E-state index contributed by atoms with van der Waals surface area (Å²) in [5.41, 5.74) is 5.18. The van der Waals surface area contributed by atoms with Gasteiger partial charge in [-0.3, -0.25) is 19.7 Å². The van der Waals surface area contributed by atoms with Gasteiger partial charge < -0.3 is 5.32 Å². The standard InChI is InChI=1S/C17H16N4O4/c1-11-3-6-14(9-12(11)2)19-16(22)17(23)20-18-10-13-4-7-15(8-5-13)21(24)25/h3-10H,1-2H3,(H,19,22)(H,20,23)/b18-10+. The molecule has 0 heterocycles. The lowest BCUT2D eigenvalue weighted by atomic mass is 10.1. The van der Waals surface area contributed by atoms with Crippen molar-refractivity contribution < 1.29 is 14.5 Å². The fraction of sp³-hybridized carbons (Fsp3) is 0.118. The van der Waals surface area contributed by atoms with Crippen molar-refractivity contribution in [3.8, 4) is 0 Å². The first-order chi connectivity index (χ1) is 11.9. The average molecular weight is 340 g/mol. The maximum absolute atomic E-state index is 11.8. The summed E-state index contributed by atoms with van der Waals surface area (Å²) in [4.78, 5) is 33.5. The number of anilines is 1. The summed E-state index contributed by atoms with van der Waals surface area (Å²) in [6.07, 6.45) is 1.28. The van der Waals surface area contributed by atoms with Gasteiger partial charge in [0.2, 0.25) is 0 Å². The van der Waals surface area contributed by atoms with Crippen LogP contribution >= 0.6 is 0 Å². The first-order valence-corrected chi connectivity index (χ1v) is 7.33. The summed E-state index contributed by atoms with van der Waals surface area (Å²) in [6.45, 7) is 3.85. The lowest BCUT2D eigenvalue weighted by Gasteiger charge is -2.06. The average Bonchev–Trinajstić information content (AvgIpc) is 2.58. The lowest BCUT2D eigenvalue weighted by Crippen LogP contribution is -2.32. The van der Waals surface area contributed by atoms with Crippen LogP contribution in [0.5, 0.6) is 0 Å². The molecule has 0 aliphatic rings. The first kappa shape index (κ1) is 17.8. The summed E-state index contributed by atoms with van der Waals surface area (Å²) >= 11 is 0. The molecule has 8 nitrogen and oxygen atoms in total. The Morgan fingerprint density at radius 1 is 1.04 bits per heavy atom. The predicted octanol–water partition coefficient (Wildman–Crippen LogP) is 2.30. The second-order valence-electron chi connectivity index (χ2n) is 5.30. The molecule has 0 saturated carbocycles. The quantitative estimate of drug-likeness (QED) is 0.385. The highest BCUT2D eigenvalue weighted by molar-refractivity contribution is 6.39. The predicted molar refractivity (Wildman–Crippen MR) is 93.4 cm³/mol. The molecule has 0 bridgehead atoms. The van der Waals surface area contributed by atoms with Gasteiger partial charge >= 0.3 is 11.8 Å². The number of non-ortho nitro benzene ring substituents is 1. The van der Waals surface area contributed by atoms with Gasteiger partial charge in [0.25, 0.3) is 5.69 Å². The Kier molecular flexibility index (Phi) is 5.57. The highest BCUT2D eigenvalue weighted by Crippen LogP contribution is 2.14. The van der Waals surface area contributed by atoms with E-state index in [1.54, 1.807) is 12.1 Å². The van der Waals surface area contributed by atoms with E-state index < -0.39 is 16.7 Å². The summed E-state index contributed by atoms with van der Waals surface area (Å²) in [6, 6.07) is 10.9. The van der Waals surface area contributed by atoms with Crippen LogP contribution < -0.4 is 10.7 Å². The number of hydrogen-bond acceptors (Lipinski definition) is 5. The molecule has 0 fully saturated rings. The SMILES string of the molecule is Cc1ccc(NC(=O)C(=O)N/N=C/c2ccc([N+](=O)[O-])cc2)cc1C. The molecular weight excluding hydrogens is 324 g/mol. The molecular formula is C17H16N4O4. The van der Waals surface area contributed by atoms with E-state index in [4.69, 9.17) is 0 Å². The Bertz CT molecular complexity index is 844. The maximum atomic E-state index is 11.8. The molecule has 0 spiro atoms. The number of nitrogens with one attached hydrogen (secondary N) is 2. The fourth-order valence-electron chi connectivity index (χ4n) is 1.91. The van der Waals surface area contributed by atoms with Crippen LogP contribution in [0.3, 0.4) is 0 Å². The molecule has 2 amide bonds. The van der Waals surface area contributed by atoms with Crippen LogP contribution in [-0.4, -0.2) is 23.0 Å². The van der Waals surface area contributed by atoms with Gasteiger partial charge in [-0.05, 0) is 54.8 Å². The zero-order valence-corrected chi connectivity index (χ0v) is 13.6. The number of nitro groups is 1. The number of benzene rings is 2. The van der Waals surface area contributed by atoms with Gasteiger partial charge in [-0.15, -0.1) is 0 Å². The Balaban J connectivity index is 1.91. The van der Waals surface area contributed by atoms with Crippen LogP contribution in [0.15, 0.2) is 47.6 Å². The van der Waals surface area contributed by atoms with Crippen LogP contribution in [0.25, 0.3) is 0 Å². The van der Waals surface area contributed by atoms with E-state index in [0.29, 0.717) is 11.3 Å². The molecule has 25 heavy (non-hydrogen) atoms. The Morgan fingerprint density at radius 2 is 1.72 bits per heavy atom. The second kappa shape index (κ2) is 7.82. The van der Waals surface area contributed by atoms with Crippen molar-refractivity contribution in [3.05, 3.63) is 69.3 Å². The van der Waals surface area contributed by atoms with Crippen molar-refractivity contribution in [1.29, 1.82) is 0 Å². The van der Waals surface area contributed by atoms with Gasteiger partial charge in [0.1, 0.15) is 0 Å². The van der Waals surface area contributed by atoms with Crippen molar-refractivity contribution in [2.45, 2.75) is 13.8 Å². The number of carbonyl (C=O) groups is 2. The Labute approximate surface area is 143 Å². The minimum absolute atomic E-state index is 0.0473. The topological polar surface area (TPSA) is 114 Å². The molecule has 0 aromatic heterocycles. The van der Waals surface area contributed by atoms with E-state index in [0.717, 1.165) is 11.1 Å². The number of hydrazone groups is 1. The maximum Gasteiger partial charge on any atom is 0.329 e. The van der Waals surface area contributed by atoms with Crippen molar-refractivity contribution in [2.75, 3.05) is 5.32 Å². The molecule has 2 rings (SSSR count). The Morgan fingerprint density at radius 3 is 2.32 bits per heavy atom. The molecule has 2 aromatic carbocycles. The monoisotopic (exact) mass is 340 g/mol. The van der Waals surface area contributed by atoms with E-state index in [9.17, 15) is 19.7 Å². The Hall–Kier alpha value is -3.55. The molecule has 0 aliphatic heterocycles. The minimum Gasteiger partial charge on any atom is -0.318 e. The number of aryl methyl sites for hydroxylation is 2. The molecule has 0 radical (unpaired) electrons. The fourth-order valence-corrected chi connectivity index (χ4v) is 1.91. The van der Waals surface area contributed by atoms with Crippen LogP contribution in [0, 0.1) is 24.0 Å². The number of nitrogens with zero attached hydrogens (tertiary/aromatic N) is 2. The van der Waals surface area contributed by atoms with Crippen LogP contribution in [0.1, 0.15) is 16.7 Å². The molecule has 128 valence electrons. The highest BCUT2D eigenvalue weighted by Gasteiger charge is 2.13. The third-order valence-electron chi connectivity index (χ3n) is 3.45. The molecule has 2 N–H and O–H groups in total. The zero-order chi connectivity index (χ0) is 18.4. The first-order valence-electron chi connectivity index (χ1n) is 7.33. The summed E-state index contributed by atoms with van der Waals surface area (Å²) in [7, 11) is 0.